The van der Waals surface area contributed by atoms with Crippen LogP contribution in [0.1, 0.15) is 20.7 Å². The molecule has 0 spiro atoms. The molecule has 0 aliphatic heterocycles. The van der Waals surface area contributed by atoms with Crippen molar-refractivity contribution in [2.45, 2.75) is 0 Å². The van der Waals surface area contributed by atoms with Crippen LogP contribution in [0.15, 0.2) is 49.0 Å². The Morgan fingerprint density at radius 3 is 1.75 bits per heavy atom. The molecule has 0 atom stereocenters. The minimum atomic E-state index is -2.84. The molecule has 0 saturated carbocycles. The van der Waals surface area contributed by atoms with E-state index in [0.717, 1.165) is 12.1 Å². The molecule has 0 aromatic heterocycles. The molecule has 0 N–H and O–H groups in total. The summed E-state index contributed by atoms with van der Waals surface area (Å²) in [5.74, 6) is -2.87. The van der Waals surface area contributed by atoms with Crippen molar-refractivity contribution in [1.29, 1.82) is 0 Å². The van der Waals surface area contributed by atoms with Gasteiger partial charge in [-0.3, -0.25) is 0 Å². The average Bonchev–Trinajstić information content (AvgIpc) is 2.37. The summed E-state index contributed by atoms with van der Waals surface area (Å²) in [7, 11) is 0. The largest absolute Gasteiger partial charge is 0.396 e. The summed E-state index contributed by atoms with van der Waals surface area (Å²) in [5.41, 5.74) is -1.07. The smallest absolute Gasteiger partial charge is 0.347 e. The summed E-state index contributed by atoms with van der Waals surface area (Å²) < 4.78 is 56.2. The molecule has 8 heteroatoms. The van der Waals surface area contributed by atoms with Crippen molar-refractivity contribution in [3.63, 3.8) is 0 Å². The molecule has 0 aliphatic rings. The summed E-state index contributed by atoms with van der Waals surface area (Å²) in [6.45, 7) is 2.67. The molecule has 0 unspecified atom stereocenters. The molecule has 1 aromatic carbocycles. The average molecular weight is 290 g/mol. The van der Waals surface area contributed by atoms with E-state index in [4.69, 9.17) is 0 Å². The Balaban J connectivity index is 3.07. The molecule has 106 valence electrons. The Labute approximate surface area is 109 Å². The Kier molecular flexibility index (Phi) is 5.01. The third-order valence-corrected chi connectivity index (χ3v) is 1.90. The molecule has 0 aliphatic carbocycles. The molecule has 20 heavy (non-hydrogen) atoms. The second-order valence-corrected chi connectivity index (χ2v) is 3.21. The molecule has 0 bridgehead atoms. The van der Waals surface area contributed by atoms with Crippen LogP contribution >= 0.6 is 0 Å². The second-order valence-electron chi connectivity index (χ2n) is 3.21. The van der Waals surface area contributed by atoms with Crippen molar-refractivity contribution in [1.82, 2.24) is 0 Å². The summed E-state index contributed by atoms with van der Waals surface area (Å²) in [4.78, 5) is 22.8. The van der Waals surface area contributed by atoms with E-state index in [0.29, 0.717) is 0 Å². The van der Waals surface area contributed by atoms with Crippen LogP contribution in [0.3, 0.4) is 0 Å². The maximum atomic E-state index is 12.5. The van der Waals surface area contributed by atoms with Gasteiger partial charge in [-0.15, -0.1) is 0 Å². The van der Waals surface area contributed by atoms with E-state index in [1.807, 2.05) is 0 Å². The monoisotopic (exact) mass is 290 g/mol. The highest BCUT2D eigenvalue weighted by molar-refractivity contribution is 6.03. The van der Waals surface area contributed by atoms with Crippen LogP contribution < -0.4 is 0 Å². The van der Waals surface area contributed by atoms with Crippen LogP contribution in [0.5, 0.6) is 0 Å². The SMILES string of the molecule is C=C(F)OC(=O)c1ccccc1C(=O)OC(F)=C(F)F. The molecule has 0 amide bonds. The number of carbonyl (C=O) groups excluding carboxylic acids is 2. The van der Waals surface area contributed by atoms with Gasteiger partial charge in [0.15, 0.2) is 0 Å². The van der Waals surface area contributed by atoms with E-state index in [9.17, 15) is 27.2 Å². The highest BCUT2D eigenvalue weighted by Crippen LogP contribution is 2.17. The first-order valence-corrected chi connectivity index (χ1v) is 4.91. The van der Waals surface area contributed by atoms with Crippen LogP contribution in [0.25, 0.3) is 0 Å². The van der Waals surface area contributed by atoms with Gasteiger partial charge in [-0.1, -0.05) is 12.1 Å². The normalized spacial score (nSPS) is 9.60. The lowest BCUT2D eigenvalue weighted by atomic mass is 10.1. The van der Waals surface area contributed by atoms with Crippen molar-refractivity contribution in [3.8, 4) is 0 Å². The highest BCUT2D eigenvalue weighted by Gasteiger charge is 2.22. The van der Waals surface area contributed by atoms with Gasteiger partial charge in [0.1, 0.15) is 0 Å². The third kappa shape index (κ3) is 3.94. The summed E-state index contributed by atoms with van der Waals surface area (Å²) >= 11 is 0. The van der Waals surface area contributed by atoms with Crippen molar-refractivity contribution >= 4 is 11.9 Å². The van der Waals surface area contributed by atoms with Gasteiger partial charge < -0.3 is 9.47 Å². The van der Waals surface area contributed by atoms with Crippen LogP contribution in [-0.4, -0.2) is 11.9 Å². The lowest BCUT2D eigenvalue weighted by Gasteiger charge is -2.06. The van der Waals surface area contributed by atoms with Crippen molar-refractivity contribution in [2.24, 2.45) is 0 Å². The maximum absolute atomic E-state index is 12.5. The van der Waals surface area contributed by atoms with Gasteiger partial charge in [0.2, 0.25) is 0 Å². The minimum Gasteiger partial charge on any atom is -0.396 e. The number of ether oxygens (including phenoxy) is 2. The van der Waals surface area contributed by atoms with Crippen LogP contribution in [0.2, 0.25) is 0 Å². The quantitative estimate of drug-likeness (QED) is 0.484. The fraction of sp³-hybridized carbons (Fsp3) is 0. The molecule has 4 nitrogen and oxygen atoms in total. The van der Waals surface area contributed by atoms with Gasteiger partial charge in [-0.05, 0) is 18.7 Å². The predicted octanol–water partition coefficient (Wildman–Crippen LogP) is 3.48. The molecule has 0 saturated heterocycles. The maximum Gasteiger partial charge on any atom is 0.347 e. The van der Waals surface area contributed by atoms with Gasteiger partial charge in [0.25, 0.3) is 6.01 Å². The first-order chi connectivity index (χ1) is 9.32. The van der Waals surface area contributed by atoms with Crippen molar-refractivity contribution in [2.75, 3.05) is 0 Å². The van der Waals surface area contributed by atoms with E-state index >= 15 is 0 Å². The molecule has 1 rings (SSSR count). The number of carbonyl (C=O) groups is 2. The van der Waals surface area contributed by atoms with Crippen LogP contribution in [0.4, 0.5) is 17.6 Å². The van der Waals surface area contributed by atoms with Crippen molar-refractivity contribution < 1.29 is 36.6 Å². The van der Waals surface area contributed by atoms with Gasteiger partial charge in [-0.2, -0.15) is 17.6 Å². The summed E-state index contributed by atoms with van der Waals surface area (Å²) in [6, 6.07) is 0.743. The Hall–Kier alpha value is -2.64. The molecule has 0 fully saturated rings. The molecule has 1 aromatic rings. The lowest BCUT2D eigenvalue weighted by Crippen LogP contribution is -2.12. The fourth-order valence-electron chi connectivity index (χ4n) is 1.17. The van der Waals surface area contributed by atoms with E-state index in [1.54, 1.807) is 0 Å². The number of esters is 2. The highest BCUT2D eigenvalue weighted by atomic mass is 19.3. The van der Waals surface area contributed by atoms with E-state index in [-0.39, 0.29) is 0 Å². The van der Waals surface area contributed by atoms with Crippen LogP contribution in [-0.2, 0) is 9.47 Å². The Bertz CT molecular complexity index is 591. The number of hydrogen-bond acceptors (Lipinski definition) is 4. The first kappa shape index (κ1) is 15.4. The molecule has 0 radical (unpaired) electrons. The lowest BCUT2D eigenvalue weighted by molar-refractivity contribution is 0.0472. The second kappa shape index (κ2) is 6.50. The van der Waals surface area contributed by atoms with Gasteiger partial charge in [0.05, 0.1) is 11.1 Å². The van der Waals surface area contributed by atoms with Crippen LogP contribution in [0, 0.1) is 0 Å². The number of benzene rings is 1. The zero-order chi connectivity index (χ0) is 15.3. The van der Waals surface area contributed by atoms with Crippen molar-refractivity contribution in [3.05, 3.63) is 60.1 Å². The van der Waals surface area contributed by atoms with E-state index in [2.05, 4.69) is 16.1 Å². The Morgan fingerprint density at radius 2 is 1.35 bits per heavy atom. The standard InChI is InChI=1S/C12H6F4O4/c1-6(13)19-11(17)7-4-2-3-5-8(7)12(18)20-10(16)9(14)15/h2-5H,1H2. The number of rotatable bonds is 4. The fourth-order valence-corrected chi connectivity index (χ4v) is 1.17. The third-order valence-electron chi connectivity index (χ3n) is 1.90. The van der Waals surface area contributed by atoms with Gasteiger partial charge in [-0.25, -0.2) is 9.59 Å². The Morgan fingerprint density at radius 1 is 0.900 bits per heavy atom. The van der Waals surface area contributed by atoms with E-state index in [1.165, 1.54) is 12.1 Å². The van der Waals surface area contributed by atoms with Gasteiger partial charge >= 0.3 is 24.0 Å². The van der Waals surface area contributed by atoms with Gasteiger partial charge in [0, 0.05) is 0 Å². The predicted molar refractivity (Wildman–Crippen MR) is 57.9 cm³/mol. The van der Waals surface area contributed by atoms with E-state index < -0.39 is 41.2 Å². The first-order valence-electron chi connectivity index (χ1n) is 4.91. The number of halogens is 4. The molecular formula is C12H6F4O4. The minimum absolute atomic E-state index is 0.497. The number of hydrogen-bond donors (Lipinski definition) is 0. The molecular weight excluding hydrogens is 284 g/mol. The summed E-state index contributed by atoms with van der Waals surface area (Å²) in [5, 5.41) is 0. The summed E-state index contributed by atoms with van der Waals surface area (Å²) in [6.07, 6.45) is -2.84. The topological polar surface area (TPSA) is 52.6 Å². The molecule has 0 heterocycles. The zero-order valence-corrected chi connectivity index (χ0v) is 9.66. The zero-order valence-electron chi connectivity index (χ0n) is 9.66.